The molecule has 5 fully saturated rings. The summed E-state index contributed by atoms with van der Waals surface area (Å²) in [5.74, 6) is 0.237. The predicted octanol–water partition coefficient (Wildman–Crippen LogP) is 4.68. The van der Waals surface area contributed by atoms with Crippen LogP contribution in [0.5, 0.6) is 0 Å². The molecule has 2 heterocycles. The number of amides is 3. The lowest BCUT2D eigenvalue weighted by atomic mass is 9.43. The van der Waals surface area contributed by atoms with Crippen molar-refractivity contribution in [2.75, 3.05) is 6.54 Å². The average Bonchev–Trinajstić information content (AvgIpc) is 3.67. The molecule has 0 spiro atoms. The van der Waals surface area contributed by atoms with Crippen LogP contribution in [0.25, 0.3) is 0 Å². The van der Waals surface area contributed by atoms with E-state index in [4.69, 9.17) is 14.0 Å². The lowest BCUT2D eigenvalue weighted by Crippen LogP contribution is -2.65. The summed E-state index contributed by atoms with van der Waals surface area (Å²) in [6, 6.07) is 17.4. The van der Waals surface area contributed by atoms with Crippen molar-refractivity contribution in [2.24, 2.45) is 17.3 Å². The smallest absolute Gasteiger partial charge is 0.445 e. The summed E-state index contributed by atoms with van der Waals surface area (Å²) in [6.07, 6.45) is 3.67. The van der Waals surface area contributed by atoms with Crippen molar-refractivity contribution < 1.29 is 28.4 Å². The van der Waals surface area contributed by atoms with Crippen LogP contribution in [0.4, 0.5) is 4.79 Å². The molecule has 2 aromatic carbocycles. The van der Waals surface area contributed by atoms with Gasteiger partial charge in [-0.15, -0.1) is 0 Å². The van der Waals surface area contributed by atoms with Gasteiger partial charge in [0.25, 0.3) is 0 Å². The van der Waals surface area contributed by atoms with Gasteiger partial charge in [-0.25, -0.2) is 4.79 Å². The van der Waals surface area contributed by atoms with Crippen LogP contribution in [0.3, 0.4) is 0 Å². The highest BCUT2D eigenvalue weighted by atomic mass is 16.7. The van der Waals surface area contributed by atoms with Gasteiger partial charge in [-0.2, -0.15) is 0 Å². The second kappa shape index (κ2) is 12.8. The molecule has 3 amide bonds. The number of hydrogen-bond acceptors (Lipinski definition) is 6. The largest absolute Gasteiger partial charge is 0.481 e. The fourth-order valence-corrected chi connectivity index (χ4v) is 8.17. The highest BCUT2D eigenvalue weighted by Crippen LogP contribution is 2.65. The van der Waals surface area contributed by atoms with Crippen molar-refractivity contribution in [1.29, 1.82) is 0 Å². The fraction of sp³-hybridized carbons (Fsp3) is 0.571. The van der Waals surface area contributed by atoms with Crippen molar-refractivity contribution >= 4 is 25.0 Å². The minimum atomic E-state index is -0.884. The minimum absolute atomic E-state index is 0.0289. The molecule has 1 unspecified atom stereocenters. The molecule has 45 heavy (non-hydrogen) atoms. The number of nitrogens with zero attached hydrogens (tertiary/aromatic N) is 1. The Morgan fingerprint density at radius 2 is 1.69 bits per heavy atom. The van der Waals surface area contributed by atoms with Crippen LogP contribution < -0.4 is 10.6 Å². The zero-order valence-electron chi connectivity index (χ0n) is 26.9. The summed E-state index contributed by atoms with van der Waals surface area (Å²) in [5.41, 5.74) is 1.63. The number of benzene rings is 2. The Bertz CT molecular complexity index is 1380. The molecule has 3 aliphatic carbocycles. The normalized spacial score (nSPS) is 29.2. The lowest BCUT2D eigenvalue weighted by molar-refractivity contribution is -0.199. The summed E-state index contributed by atoms with van der Waals surface area (Å²) < 4.78 is 18.6. The van der Waals surface area contributed by atoms with Crippen LogP contribution in [0.15, 0.2) is 60.7 Å². The molecule has 0 radical (unpaired) electrons. The average molecular weight is 616 g/mol. The van der Waals surface area contributed by atoms with Crippen LogP contribution in [0, 0.1) is 17.3 Å². The number of rotatable bonds is 10. The SMILES string of the molecule is CCC(NC(=O)[C@@H]1CCCN1C(=O)[C@@H](Cc1ccccc1)NC(=O)OCc1ccccc1)B1O[C@H]2C[C@@H]3C[C@@H](C3(C)C)[C@]2(C)O1. The van der Waals surface area contributed by atoms with Gasteiger partial charge in [-0.3, -0.25) is 9.59 Å². The molecule has 2 aromatic rings. The zero-order valence-corrected chi connectivity index (χ0v) is 26.9. The Labute approximate surface area is 266 Å². The van der Waals surface area contributed by atoms with E-state index in [1.165, 1.54) is 0 Å². The number of hydrogen-bond donors (Lipinski definition) is 2. The van der Waals surface area contributed by atoms with Gasteiger partial charge in [0.2, 0.25) is 11.8 Å². The number of nitrogens with one attached hydrogen (secondary N) is 2. The van der Waals surface area contributed by atoms with Crippen molar-refractivity contribution in [1.82, 2.24) is 15.5 Å². The molecular formula is C35H46BN3O6. The van der Waals surface area contributed by atoms with Crippen molar-refractivity contribution in [3.8, 4) is 0 Å². The minimum Gasteiger partial charge on any atom is -0.445 e. The second-order valence-corrected chi connectivity index (χ2v) is 14.0. The first-order valence-electron chi connectivity index (χ1n) is 16.6. The maximum Gasteiger partial charge on any atom is 0.481 e. The first-order chi connectivity index (χ1) is 21.6. The molecule has 9 nitrogen and oxygen atoms in total. The summed E-state index contributed by atoms with van der Waals surface area (Å²) >= 11 is 0. The van der Waals surface area contributed by atoms with Crippen LogP contribution in [0.2, 0.25) is 0 Å². The van der Waals surface area contributed by atoms with Gasteiger partial charge in [0, 0.05) is 13.0 Å². The maximum absolute atomic E-state index is 14.0. The van der Waals surface area contributed by atoms with E-state index in [1.807, 2.05) is 67.6 Å². The van der Waals surface area contributed by atoms with Gasteiger partial charge in [0.1, 0.15) is 18.7 Å². The first-order valence-corrected chi connectivity index (χ1v) is 16.6. The third-order valence-electron chi connectivity index (χ3n) is 11.0. The number of ether oxygens (including phenoxy) is 1. The van der Waals surface area contributed by atoms with E-state index in [1.54, 1.807) is 4.90 Å². The highest BCUT2D eigenvalue weighted by Gasteiger charge is 2.68. The number of carbonyl (C=O) groups excluding carboxylic acids is 3. The molecule has 2 aliphatic heterocycles. The van der Waals surface area contributed by atoms with Gasteiger partial charge < -0.3 is 29.6 Å². The van der Waals surface area contributed by atoms with E-state index >= 15 is 0 Å². The molecule has 3 saturated carbocycles. The summed E-state index contributed by atoms with van der Waals surface area (Å²) in [7, 11) is -0.526. The molecular weight excluding hydrogens is 569 g/mol. The molecule has 10 heteroatoms. The number of alkyl carbamates (subject to hydrolysis) is 1. The van der Waals surface area contributed by atoms with E-state index in [0.29, 0.717) is 37.6 Å². The van der Waals surface area contributed by atoms with E-state index in [0.717, 1.165) is 24.0 Å². The summed E-state index contributed by atoms with van der Waals surface area (Å²) in [4.78, 5) is 42.3. The van der Waals surface area contributed by atoms with Crippen LogP contribution >= 0.6 is 0 Å². The van der Waals surface area contributed by atoms with E-state index in [2.05, 4.69) is 31.4 Å². The molecule has 2 saturated heterocycles. The van der Waals surface area contributed by atoms with Crippen LogP contribution in [-0.4, -0.2) is 66.2 Å². The van der Waals surface area contributed by atoms with E-state index in [-0.39, 0.29) is 47.9 Å². The molecule has 2 bridgehead atoms. The van der Waals surface area contributed by atoms with Crippen LogP contribution in [0.1, 0.15) is 70.9 Å². The molecule has 7 rings (SSSR count). The number of carbonyl (C=O) groups is 3. The zero-order chi connectivity index (χ0) is 31.8. The Morgan fingerprint density at radius 3 is 2.36 bits per heavy atom. The quantitative estimate of drug-likeness (QED) is 0.377. The third kappa shape index (κ3) is 6.23. The van der Waals surface area contributed by atoms with Crippen LogP contribution in [-0.2, 0) is 36.7 Å². The molecule has 2 N–H and O–H groups in total. The van der Waals surface area contributed by atoms with Gasteiger partial charge in [0.05, 0.1) is 17.6 Å². The Hall–Kier alpha value is -3.37. The van der Waals surface area contributed by atoms with Gasteiger partial charge in [-0.05, 0) is 67.4 Å². The lowest BCUT2D eigenvalue weighted by Gasteiger charge is -2.64. The molecule has 0 aromatic heterocycles. The van der Waals surface area contributed by atoms with Crippen molar-refractivity contribution in [2.45, 2.75) is 103 Å². The molecule has 240 valence electrons. The van der Waals surface area contributed by atoms with E-state index in [9.17, 15) is 14.4 Å². The van der Waals surface area contributed by atoms with Crippen molar-refractivity contribution in [3.05, 3.63) is 71.8 Å². The standard InChI is InChI=1S/C35H46BN3O6/c1-5-30(36-44-29-21-25-20-28(34(25,2)3)35(29,4)45-36)38-31(40)27-17-12-18-39(27)32(41)26(19-23-13-8-6-9-14-23)37-33(42)43-22-24-15-10-7-11-16-24/h6-11,13-16,25-30H,5,12,17-22H2,1-4H3,(H,37,42)(H,38,40)/t25-,26+,27-,28-,29-,30?,35-/m0/s1. The molecule has 7 atom stereocenters. The maximum atomic E-state index is 14.0. The predicted molar refractivity (Wildman–Crippen MR) is 171 cm³/mol. The monoisotopic (exact) mass is 615 g/mol. The second-order valence-electron chi connectivity index (χ2n) is 14.0. The highest BCUT2D eigenvalue weighted by molar-refractivity contribution is 6.47. The fourth-order valence-electron chi connectivity index (χ4n) is 8.17. The Balaban J connectivity index is 1.11. The summed E-state index contributed by atoms with van der Waals surface area (Å²) in [6.45, 7) is 9.39. The molecule has 5 aliphatic rings. The Kier molecular flexibility index (Phi) is 8.99. The van der Waals surface area contributed by atoms with Gasteiger partial charge >= 0.3 is 13.2 Å². The topological polar surface area (TPSA) is 106 Å². The van der Waals surface area contributed by atoms with Crippen molar-refractivity contribution in [3.63, 3.8) is 0 Å². The van der Waals surface area contributed by atoms with Gasteiger partial charge in [0.15, 0.2) is 0 Å². The first kappa shape index (κ1) is 31.6. The Morgan fingerprint density at radius 1 is 1.00 bits per heavy atom. The number of likely N-dealkylation sites (tertiary alicyclic amines) is 1. The third-order valence-corrected chi connectivity index (χ3v) is 11.0. The van der Waals surface area contributed by atoms with E-state index < -0.39 is 25.3 Å². The summed E-state index contributed by atoms with van der Waals surface area (Å²) in [5, 5.41) is 5.98. The van der Waals surface area contributed by atoms with Gasteiger partial charge in [-0.1, -0.05) is 81.4 Å².